The minimum Gasteiger partial charge on any atom is -0.496 e. The molecule has 0 bridgehead atoms. The van der Waals surface area contributed by atoms with Gasteiger partial charge in [-0.2, -0.15) is 18.4 Å². The van der Waals surface area contributed by atoms with Crippen molar-refractivity contribution >= 4 is 0 Å². The molecule has 2 heterocycles. The molecule has 0 aliphatic carbocycles. The number of nitrogens with zero attached hydrogens (tertiary/aromatic N) is 2. The zero-order chi connectivity index (χ0) is 23.8. The molecule has 2 aromatic carbocycles. The first-order valence-corrected chi connectivity index (χ1v) is 9.82. The molecule has 170 valence electrons. The maximum atomic E-state index is 13.0. The number of aromatic amines is 1. The predicted octanol–water partition coefficient (Wildman–Crippen LogP) is 4.54. The van der Waals surface area contributed by atoms with Crippen molar-refractivity contribution in [1.82, 2.24) is 10.2 Å². The van der Waals surface area contributed by atoms with Gasteiger partial charge >= 0.3 is 6.18 Å². The maximum absolute atomic E-state index is 13.0. The van der Waals surface area contributed by atoms with Gasteiger partial charge in [0.15, 0.2) is 0 Å². The minimum atomic E-state index is -4.47. The van der Waals surface area contributed by atoms with Crippen LogP contribution in [-0.4, -0.2) is 17.3 Å². The Hall–Kier alpha value is -4.13. The zero-order valence-electron chi connectivity index (χ0n) is 17.7. The first kappa shape index (κ1) is 22.1. The fourth-order valence-corrected chi connectivity index (χ4v) is 3.75. The molecule has 0 amide bonds. The van der Waals surface area contributed by atoms with Crippen LogP contribution in [0.15, 0.2) is 53.9 Å². The number of methoxy groups -OCH3 is 1. The van der Waals surface area contributed by atoms with E-state index in [1.807, 2.05) is 0 Å². The number of nitrogens with two attached hydrogens (primary N) is 1. The Balaban J connectivity index is 1.70. The van der Waals surface area contributed by atoms with Crippen molar-refractivity contribution in [2.75, 3.05) is 7.11 Å². The van der Waals surface area contributed by atoms with Crippen molar-refractivity contribution in [2.24, 2.45) is 5.73 Å². The van der Waals surface area contributed by atoms with Gasteiger partial charge in [0.2, 0.25) is 11.8 Å². The van der Waals surface area contributed by atoms with Gasteiger partial charge in [0.25, 0.3) is 0 Å². The van der Waals surface area contributed by atoms with Crippen molar-refractivity contribution < 1.29 is 27.4 Å². The number of rotatable bonds is 5. The molecule has 0 saturated carbocycles. The average molecular weight is 456 g/mol. The smallest absolute Gasteiger partial charge is 0.416 e. The summed E-state index contributed by atoms with van der Waals surface area (Å²) >= 11 is 0. The van der Waals surface area contributed by atoms with Crippen molar-refractivity contribution in [3.05, 3.63) is 81.9 Å². The third-order valence-electron chi connectivity index (χ3n) is 5.32. The van der Waals surface area contributed by atoms with Gasteiger partial charge in [0.1, 0.15) is 29.7 Å². The molecule has 4 rings (SSSR count). The second-order valence-corrected chi connectivity index (χ2v) is 7.38. The van der Waals surface area contributed by atoms with E-state index in [1.165, 1.54) is 19.2 Å². The van der Waals surface area contributed by atoms with Crippen molar-refractivity contribution in [3.63, 3.8) is 0 Å². The Morgan fingerprint density at radius 3 is 2.73 bits per heavy atom. The number of allylic oxidation sites excluding steroid dienone is 1. The van der Waals surface area contributed by atoms with Crippen LogP contribution in [0.1, 0.15) is 33.9 Å². The summed E-state index contributed by atoms with van der Waals surface area (Å²) in [5.41, 5.74) is 8.06. The summed E-state index contributed by atoms with van der Waals surface area (Å²) in [6, 6.07) is 12.0. The summed E-state index contributed by atoms with van der Waals surface area (Å²) in [6.07, 6.45) is -4.47. The van der Waals surface area contributed by atoms with Crippen molar-refractivity contribution in [1.29, 1.82) is 5.26 Å². The molecule has 3 N–H and O–H groups in total. The van der Waals surface area contributed by atoms with Crippen LogP contribution in [0.3, 0.4) is 0 Å². The van der Waals surface area contributed by atoms with E-state index in [4.69, 9.17) is 19.9 Å². The number of halogens is 3. The molecule has 7 nitrogen and oxygen atoms in total. The number of benzene rings is 2. The first-order chi connectivity index (χ1) is 15.7. The van der Waals surface area contributed by atoms with Gasteiger partial charge in [-0.25, -0.2) is 0 Å². The van der Waals surface area contributed by atoms with Crippen LogP contribution in [0.4, 0.5) is 13.2 Å². The van der Waals surface area contributed by atoms with Crippen LogP contribution in [0.2, 0.25) is 0 Å². The monoisotopic (exact) mass is 456 g/mol. The van der Waals surface area contributed by atoms with E-state index in [9.17, 15) is 18.4 Å². The first-order valence-electron chi connectivity index (χ1n) is 9.82. The molecule has 1 aliphatic heterocycles. The minimum absolute atomic E-state index is 0.0425. The number of hydrogen-bond acceptors (Lipinski definition) is 6. The average Bonchev–Trinajstić information content (AvgIpc) is 3.16. The highest BCUT2D eigenvalue weighted by atomic mass is 19.4. The van der Waals surface area contributed by atoms with Gasteiger partial charge in [0, 0.05) is 16.8 Å². The summed E-state index contributed by atoms with van der Waals surface area (Å²) in [5.74, 6) is 0.247. The summed E-state index contributed by atoms with van der Waals surface area (Å²) < 4.78 is 55.5. The number of ether oxygens (including phenoxy) is 3. The van der Waals surface area contributed by atoms with Crippen molar-refractivity contribution in [3.8, 4) is 23.4 Å². The van der Waals surface area contributed by atoms with E-state index in [-0.39, 0.29) is 29.7 Å². The van der Waals surface area contributed by atoms with Crippen LogP contribution in [0, 0.1) is 18.3 Å². The van der Waals surface area contributed by atoms with E-state index in [0.29, 0.717) is 28.1 Å². The van der Waals surface area contributed by atoms with E-state index < -0.39 is 17.7 Å². The zero-order valence-corrected chi connectivity index (χ0v) is 17.7. The summed E-state index contributed by atoms with van der Waals surface area (Å²) in [5, 5.41) is 16.7. The summed E-state index contributed by atoms with van der Waals surface area (Å²) in [7, 11) is 1.48. The summed E-state index contributed by atoms with van der Waals surface area (Å²) in [4.78, 5) is 0. The normalized spacial score (nSPS) is 15.5. The molecule has 0 spiro atoms. The Bertz CT molecular complexity index is 1270. The molecule has 1 atom stereocenters. The lowest BCUT2D eigenvalue weighted by atomic mass is 9.83. The fourth-order valence-electron chi connectivity index (χ4n) is 3.75. The number of aromatic nitrogens is 2. The molecule has 0 fully saturated rings. The van der Waals surface area contributed by atoms with Crippen LogP contribution >= 0.6 is 0 Å². The lowest BCUT2D eigenvalue weighted by Gasteiger charge is -2.24. The van der Waals surface area contributed by atoms with Crippen LogP contribution in [-0.2, 0) is 12.8 Å². The van der Waals surface area contributed by atoms with E-state index >= 15 is 0 Å². The molecular formula is C23H19F3N4O3. The molecule has 0 saturated heterocycles. The lowest BCUT2D eigenvalue weighted by Crippen LogP contribution is -2.21. The number of nitriles is 1. The number of aryl methyl sites for hydroxylation is 1. The van der Waals surface area contributed by atoms with Gasteiger partial charge in [-0.1, -0.05) is 12.1 Å². The third-order valence-corrected chi connectivity index (χ3v) is 5.32. The molecule has 1 aliphatic rings. The predicted molar refractivity (Wildman–Crippen MR) is 111 cm³/mol. The quantitative estimate of drug-likeness (QED) is 0.584. The van der Waals surface area contributed by atoms with E-state index in [0.717, 1.165) is 12.1 Å². The van der Waals surface area contributed by atoms with E-state index in [1.54, 1.807) is 25.1 Å². The highest BCUT2D eigenvalue weighted by Crippen LogP contribution is 2.43. The van der Waals surface area contributed by atoms with Gasteiger partial charge in [0.05, 0.1) is 18.6 Å². The third kappa shape index (κ3) is 4.17. The van der Waals surface area contributed by atoms with Crippen LogP contribution < -0.4 is 19.9 Å². The molecule has 33 heavy (non-hydrogen) atoms. The van der Waals surface area contributed by atoms with Crippen molar-refractivity contribution in [2.45, 2.75) is 25.6 Å². The van der Waals surface area contributed by atoms with Gasteiger partial charge < -0.3 is 19.9 Å². The lowest BCUT2D eigenvalue weighted by molar-refractivity contribution is -0.137. The highest BCUT2D eigenvalue weighted by Gasteiger charge is 2.34. The number of hydrogen-bond donors (Lipinski definition) is 2. The largest absolute Gasteiger partial charge is 0.496 e. The Morgan fingerprint density at radius 2 is 2.03 bits per heavy atom. The van der Waals surface area contributed by atoms with Crippen LogP contribution in [0.5, 0.6) is 17.4 Å². The van der Waals surface area contributed by atoms with Crippen LogP contribution in [0.25, 0.3) is 0 Å². The number of H-pyrrole nitrogens is 1. The van der Waals surface area contributed by atoms with Gasteiger partial charge in [-0.3, -0.25) is 5.10 Å². The second kappa shape index (κ2) is 8.43. The standard InChI is InChI=1S/C23H19F3N4O3/c1-12-19-20(17(10-27)21(28)33-22(19)30-29-12)13-6-7-18(31-2)14(8-13)11-32-16-5-3-4-15(9-16)23(24,25)26/h3-9,20H,11,28H2,1-2H3,(H,29,30). The molecular weight excluding hydrogens is 437 g/mol. The van der Waals surface area contributed by atoms with E-state index in [2.05, 4.69) is 16.3 Å². The molecule has 1 aromatic heterocycles. The molecule has 10 heteroatoms. The second-order valence-electron chi connectivity index (χ2n) is 7.38. The molecule has 0 radical (unpaired) electrons. The van der Waals surface area contributed by atoms with Gasteiger partial charge in [-0.15, -0.1) is 5.10 Å². The molecule has 3 aromatic rings. The van der Waals surface area contributed by atoms with Gasteiger partial charge in [-0.05, 0) is 42.8 Å². The Labute approximate surface area is 187 Å². The number of nitrogens with one attached hydrogen (secondary N) is 1. The fraction of sp³-hybridized carbons (Fsp3) is 0.217. The topological polar surface area (TPSA) is 106 Å². The Morgan fingerprint density at radius 1 is 1.24 bits per heavy atom. The highest BCUT2D eigenvalue weighted by molar-refractivity contribution is 5.56. The Kier molecular flexibility index (Phi) is 5.64. The summed E-state index contributed by atoms with van der Waals surface area (Å²) in [6.45, 7) is 1.75. The maximum Gasteiger partial charge on any atom is 0.416 e. The number of fused-ring (bicyclic) bond motifs is 1. The SMILES string of the molecule is COc1ccc(C2C(C#N)=C(N)Oc3n[nH]c(C)c32)cc1COc1cccc(C(F)(F)F)c1. The number of alkyl halides is 3. The molecule has 1 unspecified atom stereocenters.